The van der Waals surface area contributed by atoms with Crippen LogP contribution in [0, 0.1) is 0 Å². The second-order valence-electron chi connectivity index (χ2n) is 4.25. The van der Waals surface area contributed by atoms with Crippen LogP contribution in [-0.2, 0) is 12.8 Å². The third kappa shape index (κ3) is 3.65. The fraction of sp³-hybridized carbons (Fsp3) is 0.385. The molecule has 0 aliphatic carbocycles. The molecule has 0 aliphatic rings. The number of hydrogen-bond donors (Lipinski definition) is 3. The molecular formula is C13H19N5S. The minimum atomic E-state index is 0.704. The van der Waals surface area contributed by atoms with Crippen LogP contribution in [0.1, 0.15) is 24.5 Å². The molecule has 0 unspecified atom stereocenters. The van der Waals surface area contributed by atoms with Gasteiger partial charge in [-0.2, -0.15) is 11.3 Å². The van der Waals surface area contributed by atoms with Crippen molar-refractivity contribution in [1.29, 1.82) is 0 Å². The average molecular weight is 277 g/mol. The van der Waals surface area contributed by atoms with Crippen molar-refractivity contribution in [3.63, 3.8) is 0 Å². The highest BCUT2D eigenvalue weighted by Crippen LogP contribution is 2.20. The molecule has 0 atom stereocenters. The molecule has 0 spiro atoms. The molecule has 0 aliphatic heterocycles. The molecule has 0 radical (unpaired) electrons. The highest BCUT2D eigenvalue weighted by Gasteiger charge is 2.09. The van der Waals surface area contributed by atoms with Gasteiger partial charge in [0.15, 0.2) is 0 Å². The van der Waals surface area contributed by atoms with Crippen molar-refractivity contribution in [3.8, 4) is 0 Å². The predicted octanol–water partition coefficient (Wildman–Crippen LogP) is 2.43. The van der Waals surface area contributed by atoms with Gasteiger partial charge in [-0.05, 0) is 35.2 Å². The van der Waals surface area contributed by atoms with Gasteiger partial charge in [-0.3, -0.25) is 0 Å². The van der Waals surface area contributed by atoms with Crippen molar-refractivity contribution in [2.75, 3.05) is 17.3 Å². The van der Waals surface area contributed by atoms with Gasteiger partial charge in [0.25, 0.3) is 0 Å². The van der Waals surface area contributed by atoms with Gasteiger partial charge in [0.2, 0.25) is 0 Å². The molecule has 4 N–H and O–H groups in total. The first-order valence-corrected chi connectivity index (χ1v) is 7.34. The standard InChI is InChI=1S/C13H19N5S/c1-2-3-11-12(16-9-17-13(11)18-14)15-6-4-10-5-7-19-8-10/h5,7-9H,2-4,6,14H2,1H3,(H2,15,16,17,18). The van der Waals surface area contributed by atoms with Gasteiger partial charge in [-0.15, -0.1) is 0 Å². The SMILES string of the molecule is CCCc1c(NN)ncnc1NCCc1ccsc1. The van der Waals surface area contributed by atoms with Crippen LogP contribution in [0.15, 0.2) is 23.2 Å². The first-order chi connectivity index (χ1) is 9.35. The zero-order valence-electron chi connectivity index (χ0n) is 11.0. The monoisotopic (exact) mass is 277 g/mol. The van der Waals surface area contributed by atoms with Crippen molar-refractivity contribution >= 4 is 23.0 Å². The first kappa shape index (κ1) is 13.8. The van der Waals surface area contributed by atoms with E-state index in [4.69, 9.17) is 5.84 Å². The van der Waals surface area contributed by atoms with Crippen molar-refractivity contribution in [2.24, 2.45) is 5.84 Å². The normalized spacial score (nSPS) is 10.4. The molecule has 0 bridgehead atoms. The van der Waals surface area contributed by atoms with Gasteiger partial charge in [-0.1, -0.05) is 13.3 Å². The summed E-state index contributed by atoms with van der Waals surface area (Å²) in [6.45, 7) is 2.98. The molecule has 0 aromatic carbocycles. The van der Waals surface area contributed by atoms with E-state index in [0.717, 1.165) is 37.2 Å². The Balaban J connectivity index is 2.02. The number of nitrogens with zero attached hydrogens (tertiary/aromatic N) is 2. The number of anilines is 2. The first-order valence-electron chi connectivity index (χ1n) is 6.40. The lowest BCUT2D eigenvalue weighted by Crippen LogP contribution is -2.15. The zero-order chi connectivity index (χ0) is 13.5. The Labute approximate surface area is 117 Å². The molecule has 0 fully saturated rings. The topological polar surface area (TPSA) is 75.9 Å². The van der Waals surface area contributed by atoms with E-state index in [1.807, 2.05) is 0 Å². The summed E-state index contributed by atoms with van der Waals surface area (Å²) in [5, 5.41) is 7.63. The maximum absolute atomic E-state index is 5.49. The predicted molar refractivity (Wildman–Crippen MR) is 80.3 cm³/mol. The van der Waals surface area contributed by atoms with Crippen LogP contribution < -0.4 is 16.6 Å². The number of rotatable bonds is 7. The number of hydrazine groups is 1. The van der Waals surface area contributed by atoms with Crippen LogP contribution in [-0.4, -0.2) is 16.5 Å². The summed E-state index contributed by atoms with van der Waals surface area (Å²) >= 11 is 1.72. The minimum absolute atomic E-state index is 0.704. The molecule has 0 saturated carbocycles. The number of nitrogens with two attached hydrogens (primary N) is 1. The molecule has 2 aromatic heterocycles. The smallest absolute Gasteiger partial charge is 0.148 e. The molecule has 0 amide bonds. The molecule has 0 saturated heterocycles. The van der Waals surface area contributed by atoms with E-state index in [1.165, 1.54) is 11.9 Å². The molecule has 5 nitrogen and oxygen atoms in total. The summed E-state index contributed by atoms with van der Waals surface area (Å²) in [6.07, 6.45) is 4.45. The minimum Gasteiger partial charge on any atom is -0.369 e. The van der Waals surface area contributed by atoms with E-state index < -0.39 is 0 Å². The van der Waals surface area contributed by atoms with Crippen molar-refractivity contribution in [2.45, 2.75) is 26.2 Å². The largest absolute Gasteiger partial charge is 0.369 e. The third-order valence-corrected chi connectivity index (χ3v) is 3.60. The lowest BCUT2D eigenvalue weighted by atomic mass is 10.1. The summed E-state index contributed by atoms with van der Waals surface area (Å²) in [5.41, 5.74) is 5.04. The molecule has 2 rings (SSSR count). The highest BCUT2D eigenvalue weighted by atomic mass is 32.1. The number of nitrogens with one attached hydrogen (secondary N) is 2. The van der Waals surface area contributed by atoms with Crippen LogP contribution in [0.25, 0.3) is 0 Å². The Hall–Kier alpha value is -1.66. The van der Waals surface area contributed by atoms with E-state index >= 15 is 0 Å². The number of hydrogen-bond acceptors (Lipinski definition) is 6. The lowest BCUT2D eigenvalue weighted by molar-refractivity contribution is 0.893. The number of nitrogen functional groups attached to an aromatic ring is 1. The lowest BCUT2D eigenvalue weighted by Gasteiger charge is -2.13. The van der Waals surface area contributed by atoms with Crippen molar-refractivity contribution in [3.05, 3.63) is 34.3 Å². The summed E-state index contributed by atoms with van der Waals surface area (Å²) in [7, 11) is 0. The van der Waals surface area contributed by atoms with Crippen LogP contribution in [0.2, 0.25) is 0 Å². The Bertz CT molecular complexity index is 498. The van der Waals surface area contributed by atoms with Gasteiger partial charge >= 0.3 is 0 Å². The fourth-order valence-corrected chi connectivity index (χ4v) is 2.64. The van der Waals surface area contributed by atoms with Gasteiger partial charge in [-0.25, -0.2) is 15.8 Å². The average Bonchev–Trinajstić information content (AvgIpc) is 2.94. The number of thiophene rings is 1. The Morgan fingerprint density at radius 2 is 2.11 bits per heavy atom. The molecular weight excluding hydrogens is 258 g/mol. The van der Waals surface area contributed by atoms with Crippen molar-refractivity contribution < 1.29 is 0 Å². The van der Waals surface area contributed by atoms with E-state index in [1.54, 1.807) is 11.3 Å². The van der Waals surface area contributed by atoms with Crippen LogP contribution in [0.3, 0.4) is 0 Å². The molecule has 6 heteroatoms. The summed E-state index contributed by atoms with van der Waals surface area (Å²) < 4.78 is 0. The van der Waals surface area contributed by atoms with Gasteiger partial charge in [0, 0.05) is 12.1 Å². The van der Waals surface area contributed by atoms with Gasteiger partial charge in [0.1, 0.15) is 18.0 Å². The van der Waals surface area contributed by atoms with E-state index in [0.29, 0.717) is 5.82 Å². The Kier molecular flexibility index (Phi) is 5.11. The molecule has 2 aromatic rings. The van der Waals surface area contributed by atoms with Gasteiger partial charge < -0.3 is 10.7 Å². The van der Waals surface area contributed by atoms with Crippen LogP contribution in [0.4, 0.5) is 11.6 Å². The van der Waals surface area contributed by atoms with Crippen LogP contribution >= 0.6 is 11.3 Å². The second kappa shape index (κ2) is 7.06. The Morgan fingerprint density at radius 1 is 1.26 bits per heavy atom. The van der Waals surface area contributed by atoms with Crippen molar-refractivity contribution in [1.82, 2.24) is 9.97 Å². The van der Waals surface area contributed by atoms with E-state index in [-0.39, 0.29) is 0 Å². The molecule has 19 heavy (non-hydrogen) atoms. The number of aromatic nitrogens is 2. The summed E-state index contributed by atoms with van der Waals surface area (Å²) in [4.78, 5) is 8.46. The van der Waals surface area contributed by atoms with Gasteiger partial charge in [0.05, 0.1) is 0 Å². The zero-order valence-corrected chi connectivity index (χ0v) is 11.8. The van der Waals surface area contributed by atoms with Crippen LogP contribution in [0.5, 0.6) is 0 Å². The highest BCUT2D eigenvalue weighted by molar-refractivity contribution is 7.07. The second-order valence-corrected chi connectivity index (χ2v) is 5.03. The molecule has 2 heterocycles. The third-order valence-electron chi connectivity index (χ3n) is 2.87. The quantitative estimate of drug-likeness (QED) is 0.535. The fourth-order valence-electron chi connectivity index (χ4n) is 1.94. The van der Waals surface area contributed by atoms with E-state index in [2.05, 4.69) is 44.5 Å². The van der Waals surface area contributed by atoms with E-state index in [9.17, 15) is 0 Å². The maximum atomic E-state index is 5.49. The summed E-state index contributed by atoms with van der Waals surface area (Å²) in [5.74, 6) is 7.07. The maximum Gasteiger partial charge on any atom is 0.148 e. The molecule has 102 valence electrons. The summed E-state index contributed by atoms with van der Waals surface area (Å²) in [6, 6.07) is 2.14. The Morgan fingerprint density at radius 3 is 2.79 bits per heavy atom.